The summed E-state index contributed by atoms with van der Waals surface area (Å²) in [5, 5.41) is 3.22. The Morgan fingerprint density at radius 2 is 1.66 bits per heavy atom. The molecule has 2 N–H and O–H groups in total. The van der Waals surface area contributed by atoms with Crippen LogP contribution in [0.4, 0.5) is 11.4 Å². The average Bonchev–Trinajstić information content (AvgIpc) is 2.68. The van der Waals surface area contributed by atoms with Crippen molar-refractivity contribution in [3.63, 3.8) is 0 Å². The smallest absolute Gasteiger partial charge is 0.261 e. The van der Waals surface area contributed by atoms with E-state index in [0.717, 1.165) is 0 Å². The Bertz CT molecular complexity index is 1120. The summed E-state index contributed by atoms with van der Waals surface area (Å²) in [4.78, 5) is 12.6. The predicted molar refractivity (Wildman–Crippen MR) is 114 cm³/mol. The number of anilines is 2. The molecule has 6 nitrogen and oxygen atoms in total. The summed E-state index contributed by atoms with van der Waals surface area (Å²) in [6.45, 7) is 2.34. The molecule has 0 bridgehead atoms. The summed E-state index contributed by atoms with van der Waals surface area (Å²) in [6.07, 6.45) is 0. The molecule has 0 aromatic heterocycles. The van der Waals surface area contributed by atoms with Gasteiger partial charge in [-0.2, -0.15) is 0 Å². The minimum absolute atomic E-state index is 0.0923. The third-order valence-corrected chi connectivity index (χ3v) is 5.54. The van der Waals surface area contributed by atoms with Gasteiger partial charge in [0.1, 0.15) is 5.75 Å². The molecule has 0 fully saturated rings. The lowest BCUT2D eigenvalue weighted by molar-refractivity contribution is 0.102. The van der Waals surface area contributed by atoms with Gasteiger partial charge in [0.15, 0.2) is 0 Å². The number of halogens is 1. The van der Waals surface area contributed by atoms with Crippen molar-refractivity contribution in [1.82, 2.24) is 0 Å². The quantitative estimate of drug-likeness (QED) is 0.564. The van der Waals surface area contributed by atoms with Crippen LogP contribution in [0.2, 0.25) is 5.02 Å². The summed E-state index contributed by atoms with van der Waals surface area (Å²) in [6, 6.07) is 19.1. The van der Waals surface area contributed by atoms with Gasteiger partial charge < -0.3 is 10.1 Å². The summed E-state index contributed by atoms with van der Waals surface area (Å²) in [5.74, 6) is 0.209. The van der Waals surface area contributed by atoms with Gasteiger partial charge in [-0.3, -0.25) is 9.52 Å². The number of benzene rings is 3. The zero-order chi connectivity index (χ0) is 20.9. The molecule has 0 aliphatic carbocycles. The lowest BCUT2D eigenvalue weighted by Gasteiger charge is -2.11. The minimum Gasteiger partial charge on any atom is -0.494 e. The van der Waals surface area contributed by atoms with Crippen molar-refractivity contribution in [2.45, 2.75) is 11.8 Å². The molecule has 0 heterocycles. The second-order valence-corrected chi connectivity index (χ2v) is 8.17. The van der Waals surface area contributed by atoms with Gasteiger partial charge >= 0.3 is 0 Å². The van der Waals surface area contributed by atoms with Crippen LogP contribution in [0.25, 0.3) is 0 Å². The van der Waals surface area contributed by atoms with Crippen LogP contribution in [0.3, 0.4) is 0 Å². The summed E-state index contributed by atoms with van der Waals surface area (Å²) >= 11 is 5.92. The monoisotopic (exact) mass is 430 g/mol. The maximum Gasteiger partial charge on any atom is 0.261 e. The number of hydrogen-bond acceptors (Lipinski definition) is 4. The first kappa shape index (κ1) is 20.7. The fourth-order valence-corrected chi connectivity index (χ4v) is 3.83. The Labute approximate surface area is 174 Å². The molecule has 3 rings (SSSR count). The molecule has 0 atom stereocenters. The van der Waals surface area contributed by atoms with Gasteiger partial charge in [0.2, 0.25) is 0 Å². The van der Waals surface area contributed by atoms with E-state index in [0.29, 0.717) is 28.6 Å². The Morgan fingerprint density at radius 3 is 2.34 bits per heavy atom. The first-order chi connectivity index (χ1) is 13.9. The van der Waals surface area contributed by atoms with E-state index in [-0.39, 0.29) is 16.5 Å². The highest BCUT2D eigenvalue weighted by atomic mass is 35.5. The molecule has 0 saturated heterocycles. The van der Waals surface area contributed by atoms with Crippen molar-refractivity contribution < 1.29 is 17.9 Å². The van der Waals surface area contributed by atoms with Gasteiger partial charge in [-0.1, -0.05) is 23.7 Å². The van der Waals surface area contributed by atoms with Crippen LogP contribution < -0.4 is 14.8 Å². The Morgan fingerprint density at radius 1 is 0.966 bits per heavy atom. The lowest BCUT2D eigenvalue weighted by atomic mass is 10.2. The van der Waals surface area contributed by atoms with E-state index in [2.05, 4.69) is 10.0 Å². The van der Waals surface area contributed by atoms with Crippen LogP contribution in [-0.4, -0.2) is 20.9 Å². The normalized spacial score (nSPS) is 11.0. The topological polar surface area (TPSA) is 84.5 Å². The molecule has 0 radical (unpaired) electrons. The molecule has 3 aromatic carbocycles. The number of amides is 1. The third-order valence-electron chi connectivity index (χ3n) is 3.90. The van der Waals surface area contributed by atoms with Crippen molar-refractivity contribution in [1.29, 1.82) is 0 Å². The maximum atomic E-state index is 12.6. The molecule has 0 saturated carbocycles. The van der Waals surface area contributed by atoms with Crippen LogP contribution in [0.15, 0.2) is 77.7 Å². The largest absolute Gasteiger partial charge is 0.494 e. The summed E-state index contributed by atoms with van der Waals surface area (Å²) in [7, 11) is -3.81. The highest BCUT2D eigenvalue weighted by molar-refractivity contribution is 7.92. The molecular weight excluding hydrogens is 412 g/mol. The first-order valence-electron chi connectivity index (χ1n) is 8.80. The summed E-state index contributed by atoms with van der Waals surface area (Å²) < 4.78 is 33.0. The first-order valence-corrected chi connectivity index (χ1v) is 10.7. The SMILES string of the molecule is CCOc1ccc(S(=O)(=O)Nc2cccc(C(=O)Nc3cccc(Cl)c3)c2)cc1. The van der Waals surface area contributed by atoms with Crippen molar-refractivity contribution in [3.8, 4) is 5.75 Å². The number of sulfonamides is 1. The van der Waals surface area contributed by atoms with Gasteiger partial charge in [0, 0.05) is 22.0 Å². The van der Waals surface area contributed by atoms with Crippen LogP contribution in [-0.2, 0) is 10.0 Å². The van der Waals surface area contributed by atoms with E-state index < -0.39 is 10.0 Å². The van der Waals surface area contributed by atoms with E-state index in [1.165, 1.54) is 18.2 Å². The van der Waals surface area contributed by atoms with Crippen LogP contribution in [0.1, 0.15) is 17.3 Å². The Hall–Kier alpha value is -3.03. The van der Waals surface area contributed by atoms with Crippen LogP contribution in [0.5, 0.6) is 5.75 Å². The lowest BCUT2D eigenvalue weighted by Crippen LogP contribution is -2.15. The highest BCUT2D eigenvalue weighted by Crippen LogP contribution is 2.21. The van der Waals surface area contributed by atoms with Crippen LogP contribution >= 0.6 is 11.6 Å². The fourth-order valence-electron chi connectivity index (χ4n) is 2.59. The van der Waals surface area contributed by atoms with Crippen molar-refractivity contribution in [2.75, 3.05) is 16.6 Å². The summed E-state index contributed by atoms with van der Waals surface area (Å²) in [5.41, 5.74) is 1.12. The highest BCUT2D eigenvalue weighted by Gasteiger charge is 2.15. The number of rotatable bonds is 7. The molecule has 0 aliphatic heterocycles. The van der Waals surface area contributed by atoms with Gasteiger partial charge in [0.25, 0.3) is 15.9 Å². The number of carbonyl (C=O) groups is 1. The second-order valence-electron chi connectivity index (χ2n) is 6.06. The number of ether oxygens (including phenoxy) is 1. The van der Waals surface area contributed by atoms with Crippen LogP contribution in [0, 0.1) is 0 Å². The average molecular weight is 431 g/mol. The van der Waals surface area contributed by atoms with Gasteiger partial charge in [-0.15, -0.1) is 0 Å². The van der Waals surface area contributed by atoms with Crippen molar-refractivity contribution in [3.05, 3.63) is 83.4 Å². The van der Waals surface area contributed by atoms with Gasteiger partial charge in [-0.05, 0) is 67.6 Å². The molecule has 0 unspecified atom stereocenters. The standard InChI is InChI=1S/C21H19ClN2O4S/c1-2-28-19-9-11-20(12-10-19)29(26,27)24-18-8-3-5-15(13-18)21(25)23-17-7-4-6-16(22)14-17/h3-14,24H,2H2,1H3,(H,23,25). The molecule has 0 aliphatic rings. The molecule has 3 aromatic rings. The van der Waals surface area contributed by atoms with E-state index in [4.69, 9.17) is 16.3 Å². The Kier molecular flexibility index (Phi) is 6.41. The molecule has 8 heteroatoms. The third kappa shape index (κ3) is 5.49. The second kappa shape index (κ2) is 8.98. The zero-order valence-electron chi connectivity index (χ0n) is 15.6. The molecule has 0 spiro atoms. The molecule has 29 heavy (non-hydrogen) atoms. The molecule has 150 valence electrons. The molecular formula is C21H19ClN2O4S. The fraction of sp³-hybridized carbons (Fsp3) is 0.0952. The maximum absolute atomic E-state index is 12.6. The zero-order valence-corrected chi connectivity index (χ0v) is 17.1. The number of nitrogens with one attached hydrogen (secondary N) is 2. The van der Waals surface area contributed by atoms with E-state index in [9.17, 15) is 13.2 Å². The van der Waals surface area contributed by atoms with E-state index >= 15 is 0 Å². The minimum atomic E-state index is -3.81. The Balaban J connectivity index is 1.75. The number of hydrogen-bond donors (Lipinski definition) is 2. The van der Waals surface area contributed by atoms with Gasteiger partial charge in [0.05, 0.1) is 11.5 Å². The molecule has 1 amide bonds. The van der Waals surface area contributed by atoms with Gasteiger partial charge in [-0.25, -0.2) is 8.42 Å². The predicted octanol–water partition coefficient (Wildman–Crippen LogP) is 4.79. The van der Waals surface area contributed by atoms with Crippen molar-refractivity contribution >= 4 is 38.9 Å². The van der Waals surface area contributed by atoms with E-state index in [1.807, 2.05) is 6.92 Å². The van der Waals surface area contributed by atoms with Crippen molar-refractivity contribution in [2.24, 2.45) is 0 Å². The van der Waals surface area contributed by atoms with E-state index in [1.54, 1.807) is 54.6 Å². The number of carbonyl (C=O) groups excluding carboxylic acids is 1.